The van der Waals surface area contributed by atoms with Crippen LogP contribution in [0.25, 0.3) is 0 Å². The fraction of sp³-hybridized carbons (Fsp3) is 0.440. The summed E-state index contributed by atoms with van der Waals surface area (Å²) in [5.41, 5.74) is 2.40. The fourth-order valence-electron chi connectivity index (χ4n) is 3.72. The van der Waals surface area contributed by atoms with Gasteiger partial charge in [-0.3, -0.25) is 0 Å². The third-order valence-corrected chi connectivity index (χ3v) is 5.46. The molecule has 0 aromatic heterocycles. The Morgan fingerprint density at radius 2 is 1.76 bits per heavy atom. The molecule has 2 aromatic carbocycles. The third kappa shape index (κ3) is 8.35. The number of halogens is 4. The summed E-state index contributed by atoms with van der Waals surface area (Å²) in [6, 6.07) is 11.5. The maximum Gasteiger partial charge on any atom is 0.422 e. The summed E-state index contributed by atoms with van der Waals surface area (Å²) in [7, 11) is 0. The lowest BCUT2D eigenvalue weighted by Gasteiger charge is -2.36. The second kappa shape index (κ2) is 11.4. The Morgan fingerprint density at radius 3 is 2.32 bits per heavy atom. The molecule has 2 rings (SSSR count). The molecule has 0 saturated heterocycles. The Hall–Kier alpha value is -3.10. The zero-order chi connectivity index (χ0) is 25.5. The van der Waals surface area contributed by atoms with Gasteiger partial charge in [0.1, 0.15) is 5.82 Å². The summed E-state index contributed by atoms with van der Waals surface area (Å²) >= 11 is 0. The average molecular weight is 482 g/mol. The first-order valence-corrected chi connectivity index (χ1v) is 10.9. The van der Waals surface area contributed by atoms with Crippen molar-refractivity contribution in [2.75, 3.05) is 18.5 Å². The van der Waals surface area contributed by atoms with E-state index >= 15 is 0 Å². The number of carbonyl (C=O) groups excluding carboxylic acids is 1. The lowest BCUT2D eigenvalue weighted by atomic mass is 9.71. The smallest absolute Gasteiger partial charge is 0.422 e. The standard InChI is InChI=1S/C25H31F4N3O2/c1-16(2)11-21(24(3,4)14-31-23(33)34-15-25(27,28)29)17-5-10-22(18(12-17)13-30)32-20-8-6-19(26)7-9-20/h5-10,12-13,16,21,30,32H,11,14-15H2,1-4H3,(H,31,33). The second-order valence-corrected chi connectivity index (χ2v) is 9.34. The minimum Gasteiger partial charge on any atom is -0.440 e. The maximum atomic E-state index is 13.2. The molecule has 5 nitrogen and oxygen atoms in total. The Labute approximate surface area is 197 Å². The molecule has 0 saturated carbocycles. The number of hydrogen-bond donors (Lipinski definition) is 3. The molecule has 0 aliphatic heterocycles. The number of alkyl halides is 3. The predicted molar refractivity (Wildman–Crippen MR) is 125 cm³/mol. The van der Waals surface area contributed by atoms with Crippen molar-refractivity contribution in [1.82, 2.24) is 5.32 Å². The van der Waals surface area contributed by atoms with Gasteiger partial charge in [0.05, 0.1) is 0 Å². The van der Waals surface area contributed by atoms with Gasteiger partial charge in [-0.1, -0.05) is 33.8 Å². The number of ether oxygens (including phenoxy) is 1. The van der Waals surface area contributed by atoms with Crippen LogP contribution in [-0.2, 0) is 4.74 Å². The SMILES string of the molecule is CC(C)CC(c1ccc(Nc2ccc(F)cc2)c(C=N)c1)C(C)(C)CNC(=O)OCC(F)(F)F. The van der Waals surface area contributed by atoms with E-state index < -0.39 is 24.3 Å². The van der Waals surface area contributed by atoms with E-state index in [1.165, 1.54) is 18.3 Å². The minimum absolute atomic E-state index is 0.0611. The van der Waals surface area contributed by atoms with Crippen molar-refractivity contribution < 1.29 is 27.1 Å². The van der Waals surface area contributed by atoms with Crippen LogP contribution >= 0.6 is 0 Å². The topological polar surface area (TPSA) is 74.2 Å². The predicted octanol–water partition coefficient (Wildman–Crippen LogP) is 7.01. The highest BCUT2D eigenvalue weighted by molar-refractivity contribution is 5.87. The van der Waals surface area contributed by atoms with Gasteiger partial charge in [0.2, 0.25) is 0 Å². The van der Waals surface area contributed by atoms with E-state index in [4.69, 9.17) is 5.41 Å². The molecule has 1 unspecified atom stereocenters. The maximum absolute atomic E-state index is 13.2. The first-order valence-electron chi connectivity index (χ1n) is 10.9. The van der Waals surface area contributed by atoms with Crippen LogP contribution in [0.4, 0.5) is 33.7 Å². The number of carbonyl (C=O) groups is 1. The van der Waals surface area contributed by atoms with Gasteiger partial charge in [0.15, 0.2) is 6.61 Å². The first kappa shape index (κ1) is 27.1. The van der Waals surface area contributed by atoms with E-state index in [9.17, 15) is 22.4 Å². The number of hydrogen-bond acceptors (Lipinski definition) is 4. The molecule has 0 aliphatic rings. The Morgan fingerprint density at radius 1 is 1.12 bits per heavy atom. The molecule has 1 amide bonds. The van der Waals surface area contributed by atoms with Crippen LogP contribution in [0.2, 0.25) is 0 Å². The number of alkyl carbamates (subject to hydrolysis) is 1. The van der Waals surface area contributed by atoms with Crippen molar-refractivity contribution in [2.24, 2.45) is 11.3 Å². The molecule has 2 aromatic rings. The molecule has 0 bridgehead atoms. The lowest BCUT2D eigenvalue weighted by molar-refractivity contribution is -0.160. The van der Waals surface area contributed by atoms with Crippen molar-refractivity contribution in [1.29, 1.82) is 5.41 Å². The Kier molecular flexibility index (Phi) is 9.06. The van der Waals surface area contributed by atoms with Gasteiger partial charge in [-0.25, -0.2) is 9.18 Å². The van der Waals surface area contributed by atoms with Gasteiger partial charge in [-0.2, -0.15) is 13.2 Å². The highest BCUT2D eigenvalue weighted by atomic mass is 19.4. The van der Waals surface area contributed by atoms with Crippen LogP contribution in [-0.4, -0.2) is 31.6 Å². The third-order valence-electron chi connectivity index (χ3n) is 5.46. The van der Waals surface area contributed by atoms with Crippen LogP contribution < -0.4 is 10.6 Å². The Balaban J connectivity index is 2.22. The molecule has 1 atom stereocenters. The molecule has 9 heteroatoms. The van der Waals surface area contributed by atoms with Crippen molar-refractivity contribution in [3.63, 3.8) is 0 Å². The summed E-state index contributed by atoms with van der Waals surface area (Å²) in [6.07, 6.45) is -3.72. The molecule has 3 N–H and O–H groups in total. The minimum atomic E-state index is -4.58. The van der Waals surface area contributed by atoms with Crippen molar-refractivity contribution in [3.8, 4) is 0 Å². The Bertz CT molecular complexity index is 973. The zero-order valence-corrected chi connectivity index (χ0v) is 19.7. The lowest BCUT2D eigenvalue weighted by Crippen LogP contribution is -2.39. The molecule has 0 spiro atoms. The number of benzene rings is 2. The summed E-state index contributed by atoms with van der Waals surface area (Å²) in [6.45, 7) is 6.46. The van der Waals surface area contributed by atoms with Gasteiger partial charge in [-0.15, -0.1) is 0 Å². The van der Waals surface area contributed by atoms with E-state index in [0.29, 0.717) is 22.9 Å². The zero-order valence-electron chi connectivity index (χ0n) is 19.7. The average Bonchev–Trinajstić information content (AvgIpc) is 2.76. The quantitative estimate of drug-likeness (QED) is 0.252. The normalized spacial score (nSPS) is 12.9. The van der Waals surface area contributed by atoms with Crippen LogP contribution in [0.15, 0.2) is 42.5 Å². The largest absolute Gasteiger partial charge is 0.440 e. The number of rotatable bonds is 10. The van der Waals surface area contributed by atoms with Crippen LogP contribution in [0.5, 0.6) is 0 Å². The van der Waals surface area contributed by atoms with E-state index in [0.717, 1.165) is 12.0 Å². The van der Waals surface area contributed by atoms with Crippen molar-refractivity contribution in [3.05, 3.63) is 59.4 Å². The van der Waals surface area contributed by atoms with Crippen molar-refractivity contribution in [2.45, 2.75) is 46.2 Å². The van der Waals surface area contributed by atoms with Gasteiger partial charge in [0, 0.05) is 29.7 Å². The fourth-order valence-corrected chi connectivity index (χ4v) is 3.72. The van der Waals surface area contributed by atoms with E-state index in [2.05, 4.69) is 29.2 Å². The molecule has 0 aliphatic carbocycles. The van der Waals surface area contributed by atoms with E-state index in [-0.39, 0.29) is 18.3 Å². The summed E-state index contributed by atoms with van der Waals surface area (Å²) in [4.78, 5) is 11.8. The summed E-state index contributed by atoms with van der Waals surface area (Å²) in [5.74, 6) is -0.0984. The van der Waals surface area contributed by atoms with Gasteiger partial charge < -0.3 is 20.8 Å². The van der Waals surface area contributed by atoms with Crippen LogP contribution in [0, 0.1) is 22.6 Å². The van der Waals surface area contributed by atoms with Crippen LogP contribution in [0.3, 0.4) is 0 Å². The number of amides is 1. The molecule has 34 heavy (non-hydrogen) atoms. The number of nitrogens with one attached hydrogen (secondary N) is 3. The van der Waals surface area contributed by atoms with Gasteiger partial charge in [-0.05, 0) is 65.6 Å². The first-order chi connectivity index (χ1) is 15.8. The summed E-state index contributed by atoms with van der Waals surface area (Å²) in [5, 5.41) is 13.5. The van der Waals surface area contributed by atoms with Gasteiger partial charge >= 0.3 is 12.3 Å². The highest BCUT2D eigenvalue weighted by Crippen LogP contribution is 2.41. The summed E-state index contributed by atoms with van der Waals surface area (Å²) < 4.78 is 54.3. The van der Waals surface area contributed by atoms with E-state index in [1.54, 1.807) is 12.1 Å². The molecule has 0 radical (unpaired) electrons. The molecule has 0 heterocycles. The van der Waals surface area contributed by atoms with E-state index in [1.807, 2.05) is 32.0 Å². The molecular weight excluding hydrogens is 450 g/mol. The molecule has 0 fully saturated rings. The molecular formula is C25H31F4N3O2. The molecule has 186 valence electrons. The highest BCUT2D eigenvalue weighted by Gasteiger charge is 2.33. The monoisotopic (exact) mass is 481 g/mol. The van der Waals surface area contributed by atoms with Crippen molar-refractivity contribution >= 4 is 23.7 Å². The van der Waals surface area contributed by atoms with Gasteiger partial charge in [0.25, 0.3) is 0 Å². The second-order valence-electron chi connectivity index (χ2n) is 9.34. The van der Waals surface area contributed by atoms with Crippen LogP contribution in [0.1, 0.15) is 51.2 Å². The number of anilines is 2.